The summed E-state index contributed by atoms with van der Waals surface area (Å²) in [6.07, 6.45) is 13.8. The average molecular weight is 430 g/mol. The summed E-state index contributed by atoms with van der Waals surface area (Å²) >= 11 is 0. The molecule has 2 atom stereocenters. The van der Waals surface area contributed by atoms with E-state index < -0.39 is 12.2 Å². The van der Waals surface area contributed by atoms with Crippen LogP contribution in [-0.2, 0) is 14.3 Å². The van der Waals surface area contributed by atoms with Crippen molar-refractivity contribution < 1.29 is 19.1 Å². The molecule has 1 heterocycles. The van der Waals surface area contributed by atoms with Crippen LogP contribution in [0.1, 0.15) is 96.1 Å². The van der Waals surface area contributed by atoms with Crippen LogP contribution in [0.2, 0.25) is 0 Å². The molecule has 1 unspecified atom stereocenters. The van der Waals surface area contributed by atoms with Crippen molar-refractivity contribution in [3.63, 3.8) is 0 Å². The molecule has 31 heavy (non-hydrogen) atoms. The van der Waals surface area contributed by atoms with Crippen molar-refractivity contribution in [2.24, 2.45) is 0 Å². The fourth-order valence-corrected chi connectivity index (χ4v) is 3.88. The molecular formula is C26H39NO4. The maximum Gasteiger partial charge on any atom is 0.408 e. The smallest absolute Gasteiger partial charge is 0.408 e. The van der Waals surface area contributed by atoms with Crippen molar-refractivity contribution in [2.75, 3.05) is 6.61 Å². The SMILES string of the molecule is CCCCCCCCCCCCC(OC(=O)N[C@H](C)c1ccccc1)C1=CC(=O)OC1. The van der Waals surface area contributed by atoms with Gasteiger partial charge in [-0.1, -0.05) is 95.0 Å². The molecule has 2 rings (SSSR count). The van der Waals surface area contributed by atoms with E-state index in [1.165, 1.54) is 57.4 Å². The first-order chi connectivity index (χ1) is 15.1. The number of hydrogen-bond donors (Lipinski definition) is 1. The molecule has 1 N–H and O–H groups in total. The Hall–Kier alpha value is -2.30. The van der Waals surface area contributed by atoms with Crippen LogP contribution < -0.4 is 5.32 Å². The molecule has 5 heteroatoms. The summed E-state index contributed by atoms with van der Waals surface area (Å²) < 4.78 is 10.7. The topological polar surface area (TPSA) is 64.6 Å². The van der Waals surface area contributed by atoms with E-state index >= 15 is 0 Å². The zero-order valence-electron chi connectivity index (χ0n) is 19.2. The van der Waals surface area contributed by atoms with Gasteiger partial charge in [0.05, 0.1) is 6.04 Å². The standard InChI is InChI=1S/C26H39NO4/c1-3-4-5-6-7-8-9-10-11-15-18-24(23-19-25(28)30-20-23)31-26(29)27-21(2)22-16-13-12-14-17-22/h12-14,16-17,19,21,24H,3-11,15,18,20H2,1-2H3,(H,27,29)/t21-,24?/m1/s1. The van der Waals surface area contributed by atoms with E-state index in [0.717, 1.165) is 24.0 Å². The van der Waals surface area contributed by atoms with Crippen LogP contribution in [0.15, 0.2) is 42.0 Å². The Morgan fingerprint density at radius 2 is 1.61 bits per heavy atom. The van der Waals surface area contributed by atoms with E-state index in [1.54, 1.807) is 0 Å². The van der Waals surface area contributed by atoms with Crippen molar-refractivity contribution in [1.29, 1.82) is 0 Å². The van der Waals surface area contributed by atoms with E-state index in [1.807, 2.05) is 37.3 Å². The van der Waals surface area contributed by atoms with Gasteiger partial charge in [-0.15, -0.1) is 0 Å². The zero-order chi connectivity index (χ0) is 22.3. The summed E-state index contributed by atoms with van der Waals surface area (Å²) in [5, 5.41) is 2.89. The van der Waals surface area contributed by atoms with Gasteiger partial charge < -0.3 is 14.8 Å². The average Bonchev–Trinajstić information content (AvgIpc) is 3.21. The van der Waals surface area contributed by atoms with Gasteiger partial charge in [-0.2, -0.15) is 0 Å². The molecule has 0 saturated carbocycles. The largest absolute Gasteiger partial charge is 0.458 e. The Morgan fingerprint density at radius 1 is 1.00 bits per heavy atom. The lowest BCUT2D eigenvalue weighted by atomic mass is 10.0. The summed E-state index contributed by atoms with van der Waals surface area (Å²) in [6, 6.07) is 9.62. The molecule has 0 spiro atoms. The van der Waals surface area contributed by atoms with Crippen LogP contribution in [0.5, 0.6) is 0 Å². The van der Waals surface area contributed by atoms with Gasteiger partial charge in [0.15, 0.2) is 0 Å². The fourth-order valence-electron chi connectivity index (χ4n) is 3.88. The van der Waals surface area contributed by atoms with Crippen molar-refractivity contribution in [3.8, 4) is 0 Å². The number of esters is 1. The van der Waals surface area contributed by atoms with Crippen molar-refractivity contribution in [2.45, 2.75) is 96.6 Å². The van der Waals surface area contributed by atoms with E-state index in [-0.39, 0.29) is 18.6 Å². The number of amides is 1. The third kappa shape index (κ3) is 10.0. The second-order valence-corrected chi connectivity index (χ2v) is 8.47. The molecule has 1 aromatic carbocycles. The zero-order valence-corrected chi connectivity index (χ0v) is 19.2. The number of cyclic esters (lactones) is 1. The van der Waals surface area contributed by atoms with Crippen LogP contribution in [0.3, 0.4) is 0 Å². The normalized spacial score (nSPS) is 15.2. The third-order valence-electron chi connectivity index (χ3n) is 5.80. The highest BCUT2D eigenvalue weighted by molar-refractivity contribution is 5.85. The van der Waals surface area contributed by atoms with Gasteiger partial charge in [0.25, 0.3) is 0 Å². The molecule has 0 fully saturated rings. The number of unbranched alkanes of at least 4 members (excludes halogenated alkanes) is 9. The molecule has 172 valence electrons. The highest BCUT2D eigenvalue weighted by atomic mass is 16.6. The molecule has 0 bridgehead atoms. The molecule has 1 aliphatic rings. The van der Waals surface area contributed by atoms with Gasteiger partial charge in [0.1, 0.15) is 12.7 Å². The molecule has 5 nitrogen and oxygen atoms in total. The Labute approximate surface area is 187 Å². The number of carbonyl (C=O) groups is 2. The van der Waals surface area contributed by atoms with Crippen molar-refractivity contribution in [1.82, 2.24) is 5.32 Å². The van der Waals surface area contributed by atoms with Crippen molar-refractivity contribution in [3.05, 3.63) is 47.5 Å². The van der Waals surface area contributed by atoms with Gasteiger partial charge in [0, 0.05) is 11.6 Å². The summed E-state index contributed by atoms with van der Waals surface area (Å²) in [7, 11) is 0. The number of ether oxygens (including phenoxy) is 2. The molecule has 0 aliphatic carbocycles. The number of carbonyl (C=O) groups excluding carboxylic acids is 2. The lowest BCUT2D eigenvalue weighted by Gasteiger charge is -2.21. The van der Waals surface area contributed by atoms with Crippen LogP contribution in [0.25, 0.3) is 0 Å². The van der Waals surface area contributed by atoms with Crippen LogP contribution in [0, 0.1) is 0 Å². The summed E-state index contributed by atoms with van der Waals surface area (Å²) in [5.74, 6) is -0.357. The molecular weight excluding hydrogens is 390 g/mol. The quantitative estimate of drug-likeness (QED) is 0.251. The third-order valence-corrected chi connectivity index (χ3v) is 5.80. The summed E-state index contributed by atoms with van der Waals surface area (Å²) in [4.78, 5) is 24.0. The van der Waals surface area contributed by atoms with E-state index in [0.29, 0.717) is 6.42 Å². The lowest BCUT2D eigenvalue weighted by Crippen LogP contribution is -2.32. The van der Waals surface area contributed by atoms with Gasteiger partial charge in [-0.25, -0.2) is 9.59 Å². The number of nitrogens with one attached hydrogen (secondary N) is 1. The second-order valence-electron chi connectivity index (χ2n) is 8.47. The molecule has 1 aromatic rings. The number of benzene rings is 1. The van der Waals surface area contributed by atoms with Gasteiger partial charge >= 0.3 is 12.1 Å². The summed E-state index contributed by atoms with van der Waals surface area (Å²) in [6.45, 7) is 4.38. The minimum Gasteiger partial charge on any atom is -0.458 e. The molecule has 0 radical (unpaired) electrons. The summed E-state index contributed by atoms with van der Waals surface area (Å²) in [5.41, 5.74) is 1.77. The second kappa shape index (κ2) is 14.7. The van der Waals surface area contributed by atoms with Gasteiger partial charge in [0.2, 0.25) is 0 Å². The Bertz CT molecular complexity index is 686. The lowest BCUT2D eigenvalue weighted by molar-refractivity contribution is -0.135. The number of hydrogen-bond acceptors (Lipinski definition) is 4. The predicted octanol–water partition coefficient (Wildman–Crippen LogP) is 6.64. The predicted molar refractivity (Wildman–Crippen MR) is 124 cm³/mol. The first-order valence-corrected chi connectivity index (χ1v) is 12.0. The molecule has 0 aromatic heterocycles. The first-order valence-electron chi connectivity index (χ1n) is 12.0. The van der Waals surface area contributed by atoms with Crippen LogP contribution in [-0.4, -0.2) is 24.8 Å². The van der Waals surface area contributed by atoms with Gasteiger partial charge in [-0.05, 0) is 25.3 Å². The fraction of sp³-hybridized carbons (Fsp3) is 0.615. The van der Waals surface area contributed by atoms with Crippen LogP contribution >= 0.6 is 0 Å². The van der Waals surface area contributed by atoms with E-state index in [9.17, 15) is 9.59 Å². The number of alkyl carbamates (subject to hydrolysis) is 1. The Morgan fingerprint density at radius 3 is 2.19 bits per heavy atom. The molecule has 0 saturated heterocycles. The minimum absolute atomic E-state index is 0.151. The van der Waals surface area contributed by atoms with Crippen LogP contribution in [0.4, 0.5) is 4.79 Å². The molecule has 1 amide bonds. The highest BCUT2D eigenvalue weighted by Gasteiger charge is 2.25. The van der Waals surface area contributed by atoms with E-state index in [4.69, 9.17) is 9.47 Å². The minimum atomic E-state index is -0.464. The first kappa shape index (κ1) is 25.0. The Kier molecular flexibility index (Phi) is 11.8. The Balaban J connectivity index is 1.72. The maximum absolute atomic E-state index is 12.5. The maximum atomic E-state index is 12.5. The molecule has 1 aliphatic heterocycles. The highest BCUT2D eigenvalue weighted by Crippen LogP contribution is 2.21. The monoisotopic (exact) mass is 429 g/mol. The van der Waals surface area contributed by atoms with Gasteiger partial charge in [-0.3, -0.25) is 0 Å². The van der Waals surface area contributed by atoms with E-state index in [2.05, 4.69) is 12.2 Å². The number of rotatable bonds is 15. The van der Waals surface area contributed by atoms with Crippen molar-refractivity contribution >= 4 is 12.1 Å².